The van der Waals surface area contributed by atoms with Crippen LogP contribution in [0.1, 0.15) is 6.92 Å². The number of hydrogen-bond donors (Lipinski definition) is 1. The Morgan fingerprint density at radius 2 is 2.55 bits per heavy atom. The number of rotatable bonds is 3. The topological polar surface area (TPSA) is 72.7 Å². The molecule has 0 aliphatic heterocycles. The van der Waals surface area contributed by atoms with Gasteiger partial charge >= 0.3 is 0 Å². The highest BCUT2D eigenvalue weighted by Crippen LogP contribution is 1.73. The van der Waals surface area contributed by atoms with Crippen LogP contribution in [-0.4, -0.2) is 32.7 Å². The Kier molecular flexibility index (Phi) is 2.53. The molecule has 0 atom stereocenters. The molecule has 1 rings (SSSR count). The third kappa shape index (κ3) is 2.74. The molecule has 0 aliphatic rings. The van der Waals surface area contributed by atoms with E-state index in [0.717, 1.165) is 0 Å². The first-order chi connectivity index (χ1) is 5.29. The van der Waals surface area contributed by atoms with Gasteiger partial charge in [-0.1, -0.05) is 0 Å². The fraction of sp³-hybridized carbons (Fsp3) is 0.600. The fourth-order valence-electron chi connectivity index (χ4n) is 0.592. The predicted octanol–water partition coefficient (Wildman–Crippen LogP) is -1.39. The van der Waals surface area contributed by atoms with E-state index in [4.69, 9.17) is 0 Å². The molecule has 1 heterocycles. The van der Waals surface area contributed by atoms with E-state index in [0.29, 0.717) is 13.1 Å². The minimum Gasteiger partial charge on any atom is -0.354 e. The SMILES string of the molecule is CC(=O)NCCn1[c]nnn1. The summed E-state index contributed by atoms with van der Waals surface area (Å²) < 4.78 is 1.43. The van der Waals surface area contributed by atoms with E-state index < -0.39 is 0 Å². The molecule has 6 nitrogen and oxygen atoms in total. The van der Waals surface area contributed by atoms with E-state index in [1.165, 1.54) is 11.6 Å². The lowest BCUT2D eigenvalue weighted by Crippen LogP contribution is -2.24. The van der Waals surface area contributed by atoms with Crippen LogP contribution in [0.2, 0.25) is 0 Å². The standard InChI is InChI=1S/C5H8N5O/c1-5(11)6-2-3-10-4-7-8-9-10/h2-3H2,1H3,(H,6,11). The van der Waals surface area contributed by atoms with Gasteiger partial charge in [0.1, 0.15) is 0 Å². The largest absolute Gasteiger partial charge is 0.354 e. The van der Waals surface area contributed by atoms with Crippen molar-refractivity contribution in [2.75, 3.05) is 6.54 Å². The number of tetrazole rings is 1. The van der Waals surface area contributed by atoms with E-state index in [9.17, 15) is 4.79 Å². The van der Waals surface area contributed by atoms with Gasteiger partial charge in [-0.2, -0.15) is 0 Å². The lowest BCUT2D eigenvalue weighted by atomic mass is 10.6. The smallest absolute Gasteiger partial charge is 0.221 e. The monoisotopic (exact) mass is 154 g/mol. The molecular formula is C5H8N5O. The van der Waals surface area contributed by atoms with Crippen molar-refractivity contribution >= 4 is 5.91 Å². The Bertz CT molecular complexity index is 219. The van der Waals surface area contributed by atoms with Crippen LogP contribution in [0.3, 0.4) is 0 Å². The molecule has 1 amide bonds. The minimum atomic E-state index is -0.0573. The number of hydrogen-bond acceptors (Lipinski definition) is 4. The molecule has 1 N–H and O–H groups in total. The fourth-order valence-corrected chi connectivity index (χ4v) is 0.592. The minimum absolute atomic E-state index is 0.0573. The number of amides is 1. The lowest BCUT2D eigenvalue weighted by Gasteiger charge is -1.98. The highest BCUT2D eigenvalue weighted by Gasteiger charge is 1.93. The zero-order chi connectivity index (χ0) is 8.10. The molecule has 0 spiro atoms. The summed E-state index contributed by atoms with van der Waals surface area (Å²) in [6, 6.07) is 0. The summed E-state index contributed by atoms with van der Waals surface area (Å²) in [5, 5.41) is 12.9. The number of aromatic nitrogens is 4. The van der Waals surface area contributed by atoms with Crippen LogP contribution in [0, 0.1) is 6.33 Å². The van der Waals surface area contributed by atoms with E-state index in [-0.39, 0.29) is 5.91 Å². The van der Waals surface area contributed by atoms with Gasteiger partial charge in [-0.3, -0.25) is 4.79 Å². The van der Waals surface area contributed by atoms with Gasteiger partial charge < -0.3 is 5.32 Å². The molecule has 11 heavy (non-hydrogen) atoms. The van der Waals surface area contributed by atoms with Crippen molar-refractivity contribution in [3.8, 4) is 0 Å². The average Bonchev–Trinajstić information content (AvgIpc) is 2.39. The summed E-state index contributed by atoms with van der Waals surface area (Å²) in [6.07, 6.45) is 2.50. The number of carbonyl (C=O) groups excluding carboxylic acids is 1. The zero-order valence-electron chi connectivity index (χ0n) is 6.11. The van der Waals surface area contributed by atoms with Crippen LogP contribution >= 0.6 is 0 Å². The van der Waals surface area contributed by atoms with E-state index >= 15 is 0 Å². The second-order valence-electron chi connectivity index (χ2n) is 1.98. The van der Waals surface area contributed by atoms with Gasteiger partial charge in [0.25, 0.3) is 0 Å². The summed E-state index contributed by atoms with van der Waals surface area (Å²) >= 11 is 0. The molecule has 1 aromatic heterocycles. The quantitative estimate of drug-likeness (QED) is 0.581. The molecule has 0 saturated heterocycles. The van der Waals surface area contributed by atoms with Gasteiger partial charge in [0.2, 0.25) is 12.2 Å². The van der Waals surface area contributed by atoms with Gasteiger partial charge in [0.15, 0.2) is 0 Å². The maximum Gasteiger partial charge on any atom is 0.221 e. The lowest BCUT2D eigenvalue weighted by molar-refractivity contribution is -0.118. The van der Waals surface area contributed by atoms with Crippen LogP contribution in [0.4, 0.5) is 0 Å². The second-order valence-corrected chi connectivity index (χ2v) is 1.98. The summed E-state index contributed by atoms with van der Waals surface area (Å²) in [6.45, 7) is 2.53. The third-order valence-electron chi connectivity index (χ3n) is 1.05. The molecule has 0 unspecified atom stereocenters. The Morgan fingerprint density at radius 1 is 1.73 bits per heavy atom. The van der Waals surface area contributed by atoms with Crippen molar-refractivity contribution < 1.29 is 4.79 Å². The molecule has 0 saturated carbocycles. The molecule has 0 aromatic carbocycles. The second kappa shape index (κ2) is 3.65. The predicted molar refractivity (Wildman–Crippen MR) is 35.3 cm³/mol. The highest BCUT2D eigenvalue weighted by molar-refractivity contribution is 5.72. The van der Waals surface area contributed by atoms with E-state index in [1.807, 2.05) is 0 Å². The first kappa shape index (κ1) is 7.64. The van der Waals surface area contributed by atoms with Crippen molar-refractivity contribution in [2.24, 2.45) is 0 Å². The molecule has 59 valence electrons. The van der Waals surface area contributed by atoms with Crippen molar-refractivity contribution in [2.45, 2.75) is 13.5 Å². The van der Waals surface area contributed by atoms with E-state index in [1.54, 1.807) is 0 Å². The molecule has 1 radical (unpaired) electrons. The Balaban J connectivity index is 2.19. The van der Waals surface area contributed by atoms with Gasteiger partial charge in [0.05, 0.1) is 6.54 Å². The Labute approximate surface area is 63.6 Å². The van der Waals surface area contributed by atoms with Crippen molar-refractivity contribution in [1.29, 1.82) is 0 Å². The maximum atomic E-state index is 10.4. The summed E-state index contributed by atoms with van der Waals surface area (Å²) in [5.41, 5.74) is 0. The highest BCUT2D eigenvalue weighted by atomic mass is 16.1. The van der Waals surface area contributed by atoms with Crippen LogP contribution in [0.15, 0.2) is 0 Å². The molecular weight excluding hydrogens is 146 g/mol. The zero-order valence-corrected chi connectivity index (χ0v) is 6.11. The van der Waals surface area contributed by atoms with Crippen LogP contribution in [-0.2, 0) is 11.3 Å². The van der Waals surface area contributed by atoms with Gasteiger partial charge in [-0.05, 0) is 10.4 Å². The maximum absolute atomic E-state index is 10.4. The Morgan fingerprint density at radius 3 is 3.09 bits per heavy atom. The van der Waals surface area contributed by atoms with Gasteiger partial charge in [-0.15, -0.1) is 5.10 Å². The summed E-state index contributed by atoms with van der Waals surface area (Å²) in [5.74, 6) is -0.0573. The number of nitrogens with one attached hydrogen (secondary N) is 1. The normalized spacial score (nSPS) is 9.55. The number of carbonyl (C=O) groups is 1. The van der Waals surface area contributed by atoms with Crippen LogP contribution < -0.4 is 5.32 Å². The average molecular weight is 154 g/mol. The van der Waals surface area contributed by atoms with Gasteiger partial charge in [-0.25, -0.2) is 4.68 Å². The molecule has 0 fully saturated rings. The first-order valence-electron chi connectivity index (χ1n) is 3.17. The number of nitrogens with zero attached hydrogens (tertiary/aromatic N) is 4. The first-order valence-corrected chi connectivity index (χ1v) is 3.17. The van der Waals surface area contributed by atoms with Crippen LogP contribution in [0.5, 0.6) is 0 Å². The van der Waals surface area contributed by atoms with Crippen molar-refractivity contribution in [1.82, 2.24) is 25.5 Å². The molecule has 0 aliphatic carbocycles. The van der Waals surface area contributed by atoms with E-state index in [2.05, 4.69) is 27.2 Å². The van der Waals surface area contributed by atoms with Crippen molar-refractivity contribution in [3.63, 3.8) is 0 Å². The third-order valence-corrected chi connectivity index (χ3v) is 1.05. The summed E-state index contributed by atoms with van der Waals surface area (Å²) in [4.78, 5) is 10.4. The summed E-state index contributed by atoms with van der Waals surface area (Å²) in [7, 11) is 0. The van der Waals surface area contributed by atoms with Gasteiger partial charge in [0, 0.05) is 13.5 Å². The molecule has 6 heteroatoms. The van der Waals surface area contributed by atoms with Crippen molar-refractivity contribution in [3.05, 3.63) is 6.33 Å². The van der Waals surface area contributed by atoms with Crippen LogP contribution in [0.25, 0.3) is 0 Å². The molecule has 0 bridgehead atoms. The Hall–Kier alpha value is -1.46. The molecule has 1 aromatic rings.